The Morgan fingerprint density at radius 3 is 1.85 bits per heavy atom. The average Bonchev–Trinajstić information content (AvgIpc) is 2.68. The molecule has 4 aromatic rings. The molecule has 0 radical (unpaired) electrons. The number of aliphatic hydroxyl groups excluding tert-OH is 2. The molecule has 4 unspecified atom stereocenters. The Morgan fingerprint density at radius 2 is 1.12 bits per heavy atom. The standard InChI is InChI=1S/C24H18O2/c25-23-21-17-10-9-13-5-3-4-8-16(13)20(17)22(24(23)26)19-12-15-7-2-1-6-14(15)11-18(19)21/h1-12,21-26H. The van der Waals surface area contributed by atoms with Crippen molar-refractivity contribution in [1.29, 1.82) is 0 Å². The molecule has 7 rings (SSSR count). The molecule has 0 aromatic heterocycles. The van der Waals surface area contributed by atoms with E-state index in [4.69, 9.17) is 0 Å². The van der Waals surface area contributed by atoms with Gasteiger partial charge in [0.25, 0.3) is 0 Å². The number of hydrogen-bond acceptors (Lipinski definition) is 2. The summed E-state index contributed by atoms with van der Waals surface area (Å²) in [5, 5.41) is 26.5. The van der Waals surface area contributed by atoms with E-state index in [0.717, 1.165) is 16.7 Å². The highest BCUT2D eigenvalue weighted by molar-refractivity contribution is 5.91. The first-order valence-corrected chi connectivity index (χ1v) is 9.14. The number of fused-ring (bicyclic) bond motifs is 3. The van der Waals surface area contributed by atoms with Crippen LogP contribution in [-0.2, 0) is 0 Å². The normalized spacial score (nSPS) is 26.1. The van der Waals surface area contributed by atoms with Gasteiger partial charge in [0, 0.05) is 11.8 Å². The van der Waals surface area contributed by atoms with Gasteiger partial charge in [-0.2, -0.15) is 0 Å². The Hall–Kier alpha value is -2.68. The second-order valence-electron chi connectivity index (χ2n) is 7.55. The van der Waals surface area contributed by atoms with Crippen LogP contribution < -0.4 is 0 Å². The lowest BCUT2D eigenvalue weighted by atomic mass is 9.60. The second-order valence-corrected chi connectivity index (χ2v) is 7.55. The smallest absolute Gasteiger partial charge is 0.0917 e. The van der Waals surface area contributed by atoms with Crippen LogP contribution in [0.1, 0.15) is 34.1 Å². The molecule has 0 fully saturated rings. The topological polar surface area (TPSA) is 40.5 Å². The van der Waals surface area contributed by atoms with Gasteiger partial charge in [-0.15, -0.1) is 0 Å². The van der Waals surface area contributed by atoms with E-state index >= 15 is 0 Å². The van der Waals surface area contributed by atoms with Gasteiger partial charge in [0.15, 0.2) is 0 Å². The first-order chi connectivity index (χ1) is 12.7. The fourth-order valence-corrected chi connectivity index (χ4v) is 5.18. The van der Waals surface area contributed by atoms with Crippen molar-refractivity contribution in [2.45, 2.75) is 24.0 Å². The minimum absolute atomic E-state index is 0.172. The highest BCUT2D eigenvalue weighted by Crippen LogP contribution is 2.55. The number of hydrogen-bond donors (Lipinski definition) is 2. The van der Waals surface area contributed by atoms with Gasteiger partial charge in [-0.05, 0) is 43.8 Å². The summed E-state index contributed by atoms with van der Waals surface area (Å²) in [5.74, 6) is -0.357. The molecule has 2 heteroatoms. The van der Waals surface area contributed by atoms with E-state index in [0.29, 0.717) is 0 Å². The summed E-state index contributed by atoms with van der Waals surface area (Å²) in [6.45, 7) is 0. The second kappa shape index (κ2) is 4.94. The fraction of sp³-hybridized carbons (Fsp3) is 0.167. The van der Waals surface area contributed by atoms with Gasteiger partial charge < -0.3 is 10.2 Å². The number of rotatable bonds is 0. The Morgan fingerprint density at radius 1 is 0.538 bits per heavy atom. The van der Waals surface area contributed by atoms with Crippen LogP contribution in [-0.4, -0.2) is 22.4 Å². The van der Waals surface area contributed by atoms with Gasteiger partial charge in [-0.1, -0.05) is 72.8 Å². The van der Waals surface area contributed by atoms with Crippen LogP contribution in [0.25, 0.3) is 21.5 Å². The van der Waals surface area contributed by atoms with Gasteiger partial charge in [0.05, 0.1) is 12.2 Å². The van der Waals surface area contributed by atoms with Crippen LogP contribution in [0.5, 0.6) is 0 Å². The quantitative estimate of drug-likeness (QED) is 0.502. The van der Waals surface area contributed by atoms with E-state index in [-0.39, 0.29) is 11.8 Å². The van der Waals surface area contributed by atoms with Crippen molar-refractivity contribution < 1.29 is 10.2 Å². The Bertz CT molecular complexity index is 1190. The van der Waals surface area contributed by atoms with E-state index in [9.17, 15) is 10.2 Å². The monoisotopic (exact) mass is 338 g/mol. The van der Waals surface area contributed by atoms with Crippen LogP contribution in [0, 0.1) is 0 Å². The summed E-state index contributed by atoms with van der Waals surface area (Å²) in [7, 11) is 0. The van der Waals surface area contributed by atoms with Crippen LogP contribution in [0.3, 0.4) is 0 Å². The molecule has 0 saturated carbocycles. The third-order valence-corrected chi connectivity index (χ3v) is 6.30. The summed E-state index contributed by atoms with van der Waals surface area (Å²) < 4.78 is 0. The SMILES string of the molecule is OC1C2c3cc4ccccc4cc3C(c3c2ccc2ccccc32)C1O. The van der Waals surface area contributed by atoms with E-state index in [1.807, 2.05) is 18.2 Å². The Balaban J connectivity index is 1.74. The maximum atomic E-state index is 10.9. The van der Waals surface area contributed by atoms with Crippen LogP contribution >= 0.6 is 0 Å². The number of benzene rings is 4. The van der Waals surface area contributed by atoms with Crippen molar-refractivity contribution >= 4 is 21.5 Å². The maximum Gasteiger partial charge on any atom is 0.0917 e. The van der Waals surface area contributed by atoms with Gasteiger partial charge in [-0.3, -0.25) is 0 Å². The molecule has 126 valence electrons. The summed E-state index contributed by atoms with van der Waals surface area (Å²) >= 11 is 0. The molecule has 0 aliphatic heterocycles. The first-order valence-electron chi connectivity index (χ1n) is 9.14. The van der Waals surface area contributed by atoms with E-state index < -0.39 is 12.2 Å². The lowest BCUT2D eigenvalue weighted by Gasteiger charge is -2.47. The zero-order valence-electron chi connectivity index (χ0n) is 14.1. The highest BCUT2D eigenvalue weighted by Gasteiger charge is 2.49. The predicted octanol–water partition coefficient (Wildman–Crippen LogP) is 4.31. The van der Waals surface area contributed by atoms with Crippen molar-refractivity contribution in [3.05, 3.63) is 95.1 Å². The third kappa shape index (κ3) is 1.68. The molecule has 3 aliphatic carbocycles. The van der Waals surface area contributed by atoms with Crippen LogP contribution in [0.15, 0.2) is 72.8 Å². The summed E-state index contributed by atoms with van der Waals surface area (Å²) in [4.78, 5) is 0. The molecule has 0 spiro atoms. The largest absolute Gasteiger partial charge is 0.389 e. The highest BCUT2D eigenvalue weighted by atomic mass is 16.3. The number of aliphatic hydroxyl groups is 2. The first kappa shape index (κ1) is 14.5. The van der Waals surface area contributed by atoms with Crippen molar-refractivity contribution in [3.8, 4) is 0 Å². The van der Waals surface area contributed by atoms with Crippen molar-refractivity contribution in [2.75, 3.05) is 0 Å². The van der Waals surface area contributed by atoms with Crippen molar-refractivity contribution in [3.63, 3.8) is 0 Å². The summed E-state index contributed by atoms with van der Waals surface area (Å²) in [6, 6.07) is 25.4. The lowest BCUT2D eigenvalue weighted by Crippen LogP contribution is -2.47. The van der Waals surface area contributed by atoms with Crippen molar-refractivity contribution in [2.24, 2.45) is 0 Å². The molecule has 2 bridgehead atoms. The molecule has 0 amide bonds. The van der Waals surface area contributed by atoms with Crippen molar-refractivity contribution in [1.82, 2.24) is 0 Å². The Kier molecular flexibility index (Phi) is 2.75. The molecule has 0 saturated heterocycles. The van der Waals surface area contributed by atoms with E-state index in [1.165, 1.54) is 27.1 Å². The Labute approximate surface area is 151 Å². The van der Waals surface area contributed by atoms with Gasteiger partial charge in [0.1, 0.15) is 0 Å². The molecule has 0 heterocycles. The molecule has 26 heavy (non-hydrogen) atoms. The zero-order valence-corrected chi connectivity index (χ0v) is 14.1. The van der Waals surface area contributed by atoms with E-state index in [1.54, 1.807) is 0 Å². The minimum atomic E-state index is -0.771. The summed E-state index contributed by atoms with van der Waals surface area (Å²) in [5.41, 5.74) is 4.67. The van der Waals surface area contributed by atoms with Gasteiger partial charge >= 0.3 is 0 Å². The molecule has 2 N–H and O–H groups in total. The van der Waals surface area contributed by atoms with Crippen LogP contribution in [0.4, 0.5) is 0 Å². The van der Waals surface area contributed by atoms with E-state index in [2.05, 4.69) is 54.6 Å². The molecular weight excluding hydrogens is 320 g/mol. The minimum Gasteiger partial charge on any atom is -0.389 e. The van der Waals surface area contributed by atoms with Crippen LogP contribution in [0.2, 0.25) is 0 Å². The molecular formula is C24H18O2. The maximum absolute atomic E-state index is 10.9. The predicted molar refractivity (Wildman–Crippen MR) is 104 cm³/mol. The van der Waals surface area contributed by atoms with Gasteiger partial charge in [0.2, 0.25) is 0 Å². The van der Waals surface area contributed by atoms with Gasteiger partial charge in [-0.25, -0.2) is 0 Å². The zero-order chi connectivity index (χ0) is 17.4. The molecule has 3 aliphatic rings. The molecule has 4 atom stereocenters. The average molecular weight is 338 g/mol. The lowest BCUT2D eigenvalue weighted by molar-refractivity contribution is -0.0149. The summed E-state index contributed by atoms with van der Waals surface area (Å²) in [6.07, 6.45) is -1.53. The molecule has 2 nitrogen and oxygen atoms in total. The third-order valence-electron chi connectivity index (χ3n) is 6.30. The fourth-order valence-electron chi connectivity index (χ4n) is 5.18. The molecule has 4 aromatic carbocycles.